The number of hydrazine groups is 1. The first-order chi connectivity index (χ1) is 5.27. The average molecular weight is 172 g/mol. The van der Waals surface area contributed by atoms with Gasteiger partial charge in [-0.2, -0.15) is 4.98 Å². The first-order valence-electron chi connectivity index (χ1n) is 2.78. The Hall–Kier alpha value is -1.08. The van der Waals surface area contributed by atoms with Crippen molar-refractivity contribution in [1.29, 1.82) is 0 Å². The lowest BCUT2D eigenvalue weighted by Gasteiger charge is -2.01. The number of nitrogen functional groups attached to an aromatic ring is 2. The van der Waals surface area contributed by atoms with Crippen molar-refractivity contribution in [1.82, 2.24) is 15.2 Å². The number of hydrogen-bond donors (Lipinski definition) is 3. The molecule has 60 valence electrons. The van der Waals surface area contributed by atoms with Gasteiger partial charge in [-0.05, 0) is 6.26 Å². The smallest absolute Gasteiger partial charge is 0.210 e. The van der Waals surface area contributed by atoms with Crippen molar-refractivity contribution in [3.05, 3.63) is 0 Å². The van der Waals surface area contributed by atoms with Gasteiger partial charge in [-0.25, -0.2) is 5.84 Å². The number of aromatic nitrogens is 3. The van der Waals surface area contributed by atoms with Gasteiger partial charge in [0.25, 0.3) is 0 Å². The van der Waals surface area contributed by atoms with Crippen LogP contribution >= 0.6 is 11.8 Å². The summed E-state index contributed by atoms with van der Waals surface area (Å²) in [6.45, 7) is 0. The minimum Gasteiger partial charge on any atom is -0.379 e. The molecule has 11 heavy (non-hydrogen) atoms. The van der Waals surface area contributed by atoms with Gasteiger partial charge in [0.2, 0.25) is 5.16 Å². The zero-order valence-electron chi connectivity index (χ0n) is 5.90. The fourth-order valence-corrected chi connectivity index (χ4v) is 0.817. The normalized spacial score (nSPS) is 9.64. The molecule has 1 rings (SSSR count). The Morgan fingerprint density at radius 1 is 1.45 bits per heavy atom. The zero-order valence-corrected chi connectivity index (χ0v) is 6.72. The van der Waals surface area contributed by atoms with Gasteiger partial charge in [-0.15, -0.1) is 10.2 Å². The first kappa shape index (κ1) is 8.02. The lowest BCUT2D eigenvalue weighted by Crippen LogP contribution is -2.13. The van der Waals surface area contributed by atoms with Gasteiger partial charge < -0.3 is 11.2 Å². The molecule has 0 amide bonds. The lowest BCUT2D eigenvalue weighted by molar-refractivity contribution is 0.850. The Labute approximate surface area is 67.7 Å². The summed E-state index contributed by atoms with van der Waals surface area (Å²) in [5.41, 5.74) is 7.68. The van der Waals surface area contributed by atoms with Crippen molar-refractivity contribution >= 4 is 23.4 Å². The summed E-state index contributed by atoms with van der Waals surface area (Å²) in [6, 6.07) is 0. The molecule has 0 aliphatic carbocycles. The van der Waals surface area contributed by atoms with E-state index in [0.717, 1.165) is 0 Å². The van der Waals surface area contributed by atoms with Gasteiger partial charge >= 0.3 is 0 Å². The average Bonchev–Trinajstić information content (AvgIpc) is 2.05. The van der Waals surface area contributed by atoms with Crippen LogP contribution in [0, 0.1) is 0 Å². The highest BCUT2D eigenvalue weighted by atomic mass is 32.2. The van der Waals surface area contributed by atoms with Gasteiger partial charge in [0.05, 0.1) is 0 Å². The van der Waals surface area contributed by atoms with Crippen LogP contribution in [0.4, 0.5) is 11.6 Å². The van der Waals surface area contributed by atoms with E-state index in [0.29, 0.717) is 11.0 Å². The van der Waals surface area contributed by atoms with Crippen LogP contribution in [0.2, 0.25) is 0 Å². The van der Waals surface area contributed by atoms with Crippen molar-refractivity contribution in [3.63, 3.8) is 0 Å². The summed E-state index contributed by atoms with van der Waals surface area (Å²) >= 11 is 1.37. The Bertz CT molecular complexity index is 250. The number of hydrogen-bond acceptors (Lipinski definition) is 7. The topological polar surface area (TPSA) is 103 Å². The van der Waals surface area contributed by atoms with Crippen LogP contribution in [0.25, 0.3) is 0 Å². The molecular formula is C4H8N6S. The second-order valence-electron chi connectivity index (χ2n) is 1.68. The summed E-state index contributed by atoms with van der Waals surface area (Å²) in [6.07, 6.45) is 1.84. The molecule has 6 nitrogen and oxygen atoms in total. The Balaban J connectivity index is 3.02. The van der Waals surface area contributed by atoms with E-state index < -0.39 is 0 Å². The predicted molar refractivity (Wildman–Crippen MR) is 43.8 cm³/mol. The molecule has 0 aliphatic heterocycles. The van der Waals surface area contributed by atoms with Crippen molar-refractivity contribution < 1.29 is 0 Å². The Kier molecular flexibility index (Phi) is 2.44. The van der Waals surface area contributed by atoms with E-state index in [1.807, 2.05) is 6.26 Å². The van der Waals surface area contributed by atoms with E-state index in [2.05, 4.69) is 20.6 Å². The third-order valence-corrected chi connectivity index (χ3v) is 1.55. The molecule has 0 aliphatic rings. The number of rotatable bonds is 2. The molecule has 0 atom stereocenters. The number of anilines is 2. The Morgan fingerprint density at radius 3 is 2.73 bits per heavy atom. The van der Waals surface area contributed by atoms with Crippen molar-refractivity contribution in [3.8, 4) is 0 Å². The van der Waals surface area contributed by atoms with E-state index >= 15 is 0 Å². The highest BCUT2D eigenvalue weighted by molar-refractivity contribution is 7.98. The molecule has 1 aromatic rings. The van der Waals surface area contributed by atoms with Crippen molar-refractivity contribution in [2.45, 2.75) is 5.16 Å². The third kappa shape index (κ3) is 1.69. The van der Waals surface area contributed by atoms with Crippen LogP contribution in [0.15, 0.2) is 5.16 Å². The van der Waals surface area contributed by atoms with Crippen molar-refractivity contribution in [2.75, 3.05) is 17.4 Å². The summed E-state index contributed by atoms with van der Waals surface area (Å²) in [5, 5.41) is 7.84. The maximum Gasteiger partial charge on any atom is 0.210 e. The molecule has 0 unspecified atom stereocenters. The van der Waals surface area contributed by atoms with Crippen LogP contribution < -0.4 is 17.0 Å². The fraction of sp³-hybridized carbons (Fsp3) is 0.250. The van der Waals surface area contributed by atoms with E-state index in [1.165, 1.54) is 11.8 Å². The molecule has 0 saturated carbocycles. The van der Waals surface area contributed by atoms with E-state index in [-0.39, 0.29) is 5.82 Å². The van der Waals surface area contributed by atoms with Gasteiger partial charge in [0.15, 0.2) is 11.6 Å². The second-order valence-corrected chi connectivity index (χ2v) is 2.45. The van der Waals surface area contributed by atoms with Crippen LogP contribution in [-0.2, 0) is 0 Å². The number of thioether (sulfide) groups is 1. The molecule has 0 bridgehead atoms. The highest BCUT2D eigenvalue weighted by Crippen LogP contribution is 2.13. The Morgan fingerprint density at radius 2 is 2.18 bits per heavy atom. The zero-order chi connectivity index (χ0) is 8.27. The summed E-state index contributed by atoms with van der Waals surface area (Å²) in [5.74, 6) is 5.66. The highest BCUT2D eigenvalue weighted by Gasteiger charge is 2.02. The first-order valence-corrected chi connectivity index (χ1v) is 4.01. The molecule has 0 spiro atoms. The maximum atomic E-state index is 5.37. The number of nitrogens with two attached hydrogens (primary N) is 2. The predicted octanol–water partition coefficient (Wildman–Crippen LogP) is -0.539. The molecule has 5 N–H and O–H groups in total. The van der Waals surface area contributed by atoms with Crippen LogP contribution in [0.5, 0.6) is 0 Å². The van der Waals surface area contributed by atoms with Gasteiger partial charge in [0.1, 0.15) is 0 Å². The monoisotopic (exact) mass is 172 g/mol. The minimum absolute atomic E-state index is 0.199. The molecule has 0 saturated heterocycles. The van der Waals surface area contributed by atoms with Gasteiger partial charge in [-0.1, -0.05) is 11.8 Å². The molecule has 1 heterocycles. The fourth-order valence-electron chi connectivity index (χ4n) is 0.512. The molecular weight excluding hydrogens is 164 g/mol. The second kappa shape index (κ2) is 3.35. The number of nitrogens with zero attached hydrogens (tertiary/aromatic N) is 3. The van der Waals surface area contributed by atoms with Gasteiger partial charge in [-0.3, -0.25) is 0 Å². The lowest BCUT2D eigenvalue weighted by atomic mass is 10.6. The number of nitrogens with one attached hydrogen (secondary N) is 1. The summed E-state index contributed by atoms with van der Waals surface area (Å²) < 4.78 is 0. The van der Waals surface area contributed by atoms with E-state index in [4.69, 9.17) is 11.6 Å². The van der Waals surface area contributed by atoms with Crippen LogP contribution in [0.1, 0.15) is 0 Å². The van der Waals surface area contributed by atoms with Crippen LogP contribution in [-0.4, -0.2) is 21.4 Å². The van der Waals surface area contributed by atoms with E-state index in [1.54, 1.807) is 0 Å². The van der Waals surface area contributed by atoms with Crippen LogP contribution in [0.3, 0.4) is 0 Å². The summed E-state index contributed by atoms with van der Waals surface area (Å²) in [4.78, 5) is 3.94. The molecule has 0 radical (unpaired) electrons. The standard InChI is InChI=1S/C4H8N6S/c1-11-4-7-3(8-6)2(5)9-10-4/h6H2,1H3,(H2,5,9)(H,7,8,10). The molecule has 7 heteroatoms. The third-order valence-electron chi connectivity index (χ3n) is 1.01. The summed E-state index contributed by atoms with van der Waals surface area (Å²) in [7, 11) is 0. The molecule has 1 aromatic heterocycles. The minimum atomic E-state index is 0.199. The van der Waals surface area contributed by atoms with Gasteiger partial charge in [0, 0.05) is 0 Å². The van der Waals surface area contributed by atoms with Crippen molar-refractivity contribution in [2.24, 2.45) is 5.84 Å². The quantitative estimate of drug-likeness (QED) is 0.313. The largest absolute Gasteiger partial charge is 0.379 e. The van der Waals surface area contributed by atoms with E-state index in [9.17, 15) is 0 Å². The molecule has 0 aromatic carbocycles. The molecule has 0 fully saturated rings. The SMILES string of the molecule is CSc1nnc(N)c(NN)n1. The maximum absolute atomic E-state index is 5.37.